The van der Waals surface area contributed by atoms with Gasteiger partial charge in [-0.1, -0.05) is 30.8 Å². The topological polar surface area (TPSA) is 41.0 Å². The molecule has 4 heterocycles. The number of amidine groups is 1. The van der Waals surface area contributed by atoms with E-state index in [-0.39, 0.29) is 12.1 Å². The number of fused-ring (bicyclic) bond motifs is 1. The SMILES string of the molecule is CCOc1cc(N2CCCC2)ccc1[C@@H]1[C@@H](c2ccccn2)N=C2SC[C@H](CC)N21. The van der Waals surface area contributed by atoms with Gasteiger partial charge in [-0.25, -0.2) is 0 Å². The van der Waals surface area contributed by atoms with E-state index in [1.54, 1.807) is 0 Å². The normalized spacial score (nSPS) is 25.5. The summed E-state index contributed by atoms with van der Waals surface area (Å²) in [5.74, 6) is 2.10. The zero-order chi connectivity index (χ0) is 20.5. The van der Waals surface area contributed by atoms with E-state index >= 15 is 0 Å². The van der Waals surface area contributed by atoms with Gasteiger partial charge < -0.3 is 14.5 Å². The van der Waals surface area contributed by atoms with Gasteiger partial charge in [0.15, 0.2) is 5.17 Å². The van der Waals surface area contributed by atoms with Crippen molar-refractivity contribution >= 4 is 22.6 Å². The van der Waals surface area contributed by atoms with Crippen molar-refractivity contribution in [2.45, 2.75) is 51.2 Å². The summed E-state index contributed by atoms with van der Waals surface area (Å²) in [5, 5.41) is 1.16. The molecule has 2 fully saturated rings. The summed E-state index contributed by atoms with van der Waals surface area (Å²) in [6.45, 7) is 7.29. The highest BCUT2D eigenvalue weighted by atomic mass is 32.2. The maximum absolute atomic E-state index is 6.22. The van der Waals surface area contributed by atoms with Crippen molar-refractivity contribution in [3.05, 3.63) is 53.9 Å². The predicted octanol–water partition coefficient (Wildman–Crippen LogP) is 5.06. The van der Waals surface area contributed by atoms with Crippen LogP contribution in [-0.2, 0) is 0 Å². The number of pyridine rings is 1. The van der Waals surface area contributed by atoms with Gasteiger partial charge in [0, 0.05) is 48.4 Å². The highest BCUT2D eigenvalue weighted by Crippen LogP contribution is 2.51. The van der Waals surface area contributed by atoms with Crippen molar-refractivity contribution in [3.8, 4) is 5.75 Å². The summed E-state index contributed by atoms with van der Waals surface area (Å²) in [5.41, 5.74) is 3.54. The Morgan fingerprint density at radius 1 is 1.13 bits per heavy atom. The first-order chi connectivity index (χ1) is 14.8. The molecular formula is C24H30N4OS. The predicted molar refractivity (Wildman–Crippen MR) is 125 cm³/mol. The van der Waals surface area contributed by atoms with Crippen LogP contribution in [0, 0.1) is 0 Å². The quantitative estimate of drug-likeness (QED) is 0.651. The number of anilines is 1. The molecule has 1 aromatic heterocycles. The smallest absolute Gasteiger partial charge is 0.160 e. The second-order valence-electron chi connectivity index (χ2n) is 8.19. The van der Waals surface area contributed by atoms with Crippen LogP contribution in [0.2, 0.25) is 0 Å². The molecule has 5 rings (SSSR count). The number of benzene rings is 1. The molecule has 0 amide bonds. The molecule has 0 N–H and O–H groups in total. The molecule has 0 spiro atoms. The Labute approximate surface area is 183 Å². The van der Waals surface area contributed by atoms with Crippen LogP contribution in [0.1, 0.15) is 56.5 Å². The minimum atomic E-state index is -0.0000993. The molecule has 3 aliphatic heterocycles. The van der Waals surface area contributed by atoms with Crippen LogP contribution in [0.3, 0.4) is 0 Å². The average Bonchev–Trinajstić information content (AvgIpc) is 3.52. The third-order valence-corrected chi connectivity index (χ3v) is 7.54. The highest BCUT2D eigenvalue weighted by Gasteiger charge is 2.46. The van der Waals surface area contributed by atoms with Crippen molar-refractivity contribution in [3.63, 3.8) is 0 Å². The number of ether oxygens (including phenoxy) is 1. The molecule has 0 saturated carbocycles. The van der Waals surface area contributed by atoms with E-state index in [2.05, 4.69) is 59.0 Å². The number of rotatable bonds is 6. The van der Waals surface area contributed by atoms with E-state index in [1.165, 1.54) is 24.1 Å². The average molecular weight is 423 g/mol. The molecule has 158 valence electrons. The Morgan fingerprint density at radius 2 is 2.00 bits per heavy atom. The van der Waals surface area contributed by atoms with E-state index in [0.29, 0.717) is 12.6 Å². The third kappa shape index (κ3) is 3.45. The van der Waals surface area contributed by atoms with Crippen molar-refractivity contribution < 1.29 is 4.74 Å². The van der Waals surface area contributed by atoms with Crippen molar-refractivity contribution in [2.75, 3.05) is 30.3 Å². The number of hydrogen-bond acceptors (Lipinski definition) is 6. The van der Waals surface area contributed by atoms with Crippen molar-refractivity contribution in [1.82, 2.24) is 9.88 Å². The van der Waals surface area contributed by atoms with Gasteiger partial charge in [-0.3, -0.25) is 9.98 Å². The van der Waals surface area contributed by atoms with E-state index in [4.69, 9.17) is 9.73 Å². The van der Waals surface area contributed by atoms with E-state index in [0.717, 1.165) is 41.9 Å². The standard InChI is InChI=1S/C24H30N4OS/c1-3-17-16-30-24-26-22(20-9-5-6-12-25-20)23(28(17)24)19-11-10-18(15-21(19)29-4-2)27-13-7-8-14-27/h5-6,9-12,15,17,22-23H,3-4,7-8,13-14,16H2,1-2H3/t17-,22+,23+/m0/s1. The Hall–Kier alpha value is -2.21. The molecule has 6 heteroatoms. The Bertz CT molecular complexity index is 913. The fraction of sp³-hybridized carbons (Fsp3) is 0.500. The molecule has 3 atom stereocenters. The molecule has 0 aliphatic carbocycles. The van der Waals surface area contributed by atoms with Crippen LogP contribution in [0.5, 0.6) is 5.75 Å². The lowest BCUT2D eigenvalue weighted by molar-refractivity contribution is 0.245. The molecule has 3 aliphatic rings. The largest absolute Gasteiger partial charge is 0.493 e. The molecule has 0 bridgehead atoms. The lowest BCUT2D eigenvalue weighted by Crippen LogP contribution is -2.35. The fourth-order valence-electron chi connectivity index (χ4n) is 4.91. The number of aromatic nitrogens is 1. The van der Waals surface area contributed by atoms with Crippen LogP contribution in [0.15, 0.2) is 47.6 Å². The number of nitrogens with zero attached hydrogens (tertiary/aromatic N) is 4. The summed E-state index contributed by atoms with van der Waals surface area (Å²) < 4.78 is 6.22. The van der Waals surface area contributed by atoms with Gasteiger partial charge in [0.25, 0.3) is 0 Å². The summed E-state index contributed by atoms with van der Waals surface area (Å²) >= 11 is 1.88. The van der Waals surface area contributed by atoms with Crippen LogP contribution in [0.25, 0.3) is 0 Å². The Balaban J connectivity index is 1.58. The van der Waals surface area contributed by atoms with Gasteiger partial charge in [-0.2, -0.15) is 0 Å². The number of thioether (sulfide) groups is 1. The lowest BCUT2D eigenvalue weighted by Gasteiger charge is -2.33. The van der Waals surface area contributed by atoms with E-state index < -0.39 is 0 Å². The zero-order valence-corrected chi connectivity index (χ0v) is 18.6. The fourth-order valence-corrected chi connectivity index (χ4v) is 6.24. The molecule has 5 nitrogen and oxygen atoms in total. The summed E-state index contributed by atoms with van der Waals surface area (Å²) in [6.07, 6.45) is 5.54. The monoisotopic (exact) mass is 422 g/mol. The minimum Gasteiger partial charge on any atom is -0.493 e. The van der Waals surface area contributed by atoms with Crippen LogP contribution in [-0.4, -0.2) is 46.5 Å². The molecule has 2 aromatic rings. The Kier molecular flexibility index (Phi) is 5.59. The molecule has 30 heavy (non-hydrogen) atoms. The molecule has 0 radical (unpaired) electrons. The second kappa shape index (κ2) is 8.50. The lowest BCUT2D eigenvalue weighted by atomic mass is 9.94. The van der Waals surface area contributed by atoms with Crippen molar-refractivity contribution in [1.29, 1.82) is 0 Å². The third-order valence-electron chi connectivity index (χ3n) is 6.42. The van der Waals surface area contributed by atoms with Gasteiger partial charge in [-0.05, 0) is 44.4 Å². The molecule has 0 unspecified atom stereocenters. The van der Waals surface area contributed by atoms with E-state index in [9.17, 15) is 0 Å². The summed E-state index contributed by atoms with van der Waals surface area (Å²) in [4.78, 5) is 14.8. The zero-order valence-electron chi connectivity index (χ0n) is 17.8. The van der Waals surface area contributed by atoms with E-state index in [1.807, 2.05) is 24.0 Å². The second-order valence-corrected chi connectivity index (χ2v) is 9.17. The van der Waals surface area contributed by atoms with Crippen LogP contribution >= 0.6 is 11.8 Å². The van der Waals surface area contributed by atoms with Gasteiger partial charge in [0.1, 0.15) is 11.8 Å². The maximum atomic E-state index is 6.22. The first kappa shape index (κ1) is 19.7. The minimum absolute atomic E-state index is 0.0000993. The number of hydrogen-bond donors (Lipinski definition) is 0. The Morgan fingerprint density at radius 3 is 2.73 bits per heavy atom. The van der Waals surface area contributed by atoms with Gasteiger partial charge >= 0.3 is 0 Å². The maximum Gasteiger partial charge on any atom is 0.160 e. The van der Waals surface area contributed by atoms with Gasteiger partial charge in [0.2, 0.25) is 0 Å². The van der Waals surface area contributed by atoms with Gasteiger partial charge in [-0.15, -0.1) is 0 Å². The number of aliphatic imine (C=N–C) groups is 1. The first-order valence-electron chi connectivity index (χ1n) is 11.2. The molecule has 2 saturated heterocycles. The summed E-state index contributed by atoms with van der Waals surface area (Å²) in [7, 11) is 0. The molecular weight excluding hydrogens is 392 g/mol. The van der Waals surface area contributed by atoms with Crippen LogP contribution < -0.4 is 9.64 Å². The van der Waals surface area contributed by atoms with Gasteiger partial charge in [0.05, 0.1) is 18.3 Å². The summed E-state index contributed by atoms with van der Waals surface area (Å²) in [6, 6.07) is 13.6. The van der Waals surface area contributed by atoms with Crippen LogP contribution in [0.4, 0.5) is 5.69 Å². The highest BCUT2D eigenvalue weighted by molar-refractivity contribution is 8.14. The molecule has 1 aromatic carbocycles. The van der Waals surface area contributed by atoms with Crippen molar-refractivity contribution in [2.24, 2.45) is 4.99 Å². The first-order valence-corrected chi connectivity index (χ1v) is 12.2.